The van der Waals surface area contributed by atoms with E-state index in [-0.39, 0.29) is 5.56 Å². The fourth-order valence-corrected chi connectivity index (χ4v) is 5.24. The molecule has 35 heavy (non-hydrogen) atoms. The third-order valence-corrected chi connectivity index (χ3v) is 7.15. The molecular formula is C26H28F3N3O3. The number of aliphatic hydroxyl groups is 2. The smallest absolute Gasteiger partial charge is 0.266 e. The van der Waals surface area contributed by atoms with Gasteiger partial charge in [-0.2, -0.15) is 0 Å². The van der Waals surface area contributed by atoms with Crippen LogP contribution in [0.4, 0.5) is 19.0 Å². The number of aromatic nitrogens is 2. The van der Waals surface area contributed by atoms with Gasteiger partial charge in [-0.15, -0.1) is 0 Å². The van der Waals surface area contributed by atoms with E-state index in [2.05, 4.69) is 15.3 Å². The lowest BCUT2D eigenvalue weighted by Crippen LogP contribution is -2.33. The molecule has 0 radical (unpaired) electrons. The Morgan fingerprint density at radius 2 is 1.89 bits per heavy atom. The average Bonchev–Trinajstić information content (AvgIpc) is 3.31. The molecule has 3 aromatic rings. The highest BCUT2D eigenvalue weighted by atomic mass is 19.3. The van der Waals surface area contributed by atoms with Crippen LogP contribution in [-0.4, -0.2) is 32.9 Å². The second kappa shape index (κ2) is 8.95. The standard InChI is InChI=1S/C26H28F3N3O3/c1-13(16-4-3-5-17(21(16)27)24(28)29)30-25-19-12-20(26(34)9-6-15(33)7-10-26)23-18(8-11-35-23)22(19)31-14(2)32-25/h3-5,12-13,15,24,33-34H,6-11H2,1-2H3,(H,30,31,32)/t13-,15?,26?/m1/s1. The molecule has 2 aromatic carbocycles. The highest BCUT2D eigenvalue weighted by Gasteiger charge is 2.39. The first kappa shape index (κ1) is 23.8. The van der Waals surface area contributed by atoms with Crippen LogP contribution in [0.2, 0.25) is 0 Å². The maximum atomic E-state index is 14.8. The maximum Gasteiger partial charge on any atom is 0.266 e. The Morgan fingerprint density at radius 3 is 2.60 bits per heavy atom. The highest BCUT2D eigenvalue weighted by molar-refractivity contribution is 5.94. The first-order chi connectivity index (χ1) is 16.7. The van der Waals surface area contributed by atoms with Gasteiger partial charge >= 0.3 is 0 Å². The van der Waals surface area contributed by atoms with Crippen molar-refractivity contribution in [3.05, 3.63) is 58.2 Å². The molecule has 2 heterocycles. The Balaban J connectivity index is 1.61. The second-order valence-electron chi connectivity index (χ2n) is 9.53. The molecule has 1 fully saturated rings. The molecule has 0 saturated heterocycles. The molecule has 1 aromatic heterocycles. The fraction of sp³-hybridized carbons (Fsp3) is 0.462. The van der Waals surface area contributed by atoms with Gasteiger partial charge in [-0.3, -0.25) is 0 Å². The van der Waals surface area contributed by atoms with Crippen molar-refractivity contribution in [2.45, 2.75) is 70.1 Å². The van der Waals surface area contributed by atoms with E-state index in [9.17, 15) is 23.4 Å². The number of nitrogens with one attached hydrogen (secondary N) is 1. The van der Waals surface area contributed by atoms with Gasteiger partial charge in [0.15, 0.2) is 0 Å². The van der Waals surface area contributed by atoms with E-state index in [0.29, 0.717) is 72.6 Å². The van der Waals surface area contributed by atoms with Crippen molar-refractivity contribution in [1.29, 1.82) is 0 Å². The van der Waals surface area contributed by atoms with Crippen molar-refractivity contribution in [1.82, 2.24) is 9.97 Å². The molecule has 0 bridgehead atoms. The molecule has 6 nitrogen and oxygen atoms in total. The molecular weight excluding hydrogens is 459 g/mol. The van der Waals surface area contributed by atoms with Crippen LogP contribution in [-0.2, 0) is 12.0 Å². The largest absolute Gasteiger partial charge is 0.492 e. The summed E-state index contributed by atoms with van der Waals surface area (Å²) in [5.74, 6) is 0.611. The van der Waals surface area contributed by atoms with Crippen LogP contribution in [0.1, 0.15) is 73.2 Å². The van der Waals surface area contributed by atoms with Crippen LogP contribution < -0.4 is 10.1 Å². The van der Waals surface area contributed by atoms with E-state index in [4.69, 9.17) is 4.74 Å². The molecule has 1 aliphatic carbocycles. The van der Waals surface area contributed by atoms with Gasteiger partial charge in [-0.25, -0.2) is 23.1 Å². The van der Waals surface area contributed by atoms with Crippen molar-refractivity contribution < 1.29 is 28.1 Å². The maximum absolute atomic E-state index is 14.8. The second-order valence-corrected chi connectivity index (χ2v) is 9.53. The van der Waals surface area contributed by atoms with Crippen molar-refractivity contribution in [3.8, 4) is 5.75 Å². The van der Waals surface area contributed by atoms with E-state index in [1.165, 1.54) is 12.1 Å². The fourth-order valence-electron chi connectivity index (χ4n) is 5.24. The number of nitrogens with zero attached hydrogens (tertiary/aromatic N) is 2. The van der Waals surface area contributed by atoms with Crippen LogP contribution in [0.3, 0.4) is 0 Å². The summed E-state index contributed by atoms with van der Waals surface area (Å²) in [4.78, 5) is 9.18. The lowest BCUT2D eigenvalue weighted by Gasteiger charge is -2.35. The van der Waals surface area contributed by atoms with Crippen LogP contribution in [0.5, 0.6) is 5.75 Å². The van der Waals surface area contributed by atoms with Crippen LogP contribution in [0.25, 0.3) is 10.9 Å². The quantitative estimate of drug-likeness (QED) is 0.456. The molecule has 0 spiro atoms. The summed E-state index contributed by atoms with van der Waals surface area (Å²) in [5.41, 5.74) is 0.510. The van der Waals surface area contributed by atoms with E-state index in [1.54, 1.807) is 13.8 Å². The predicted molar refractivity (Wildman–Crippen MR) is 125 cm³/mol. The first-order valence-electron chi connectivity index (χ1n) is 11.9. The van der Waals surface area contributed by atoms with Gasteiger partial charge in [0, 0.05) is 28.5 Å². The molecule has 3 N–H and O–H groups in total. The topological polar surface area (TPSA) is 87.5 Å². The lowest BCUT2D eigenvalue weighted by atomic mass is 9.77. The SMILES string of the molecule is Cc1nc(N[C@H](C)c2cccc(C(F)F)c2F)c2cc(C3(O)CCC(O)CC3)c3c(c2n1)CCO3. The number of ether oxygens (including phenoxy) is 1. The van der Waals surface area contributed by atoms with Gasteiger partial charge in [0.25, 0.3) is 6.43 Å². The van der Waals surface area contributed by atoms with E-state index >= 15 is 0 Å². The summed E-state index contributed by atoms with van der Waals surface area (Å²) >= 11 is 0. The number of hydrogen-bond donors (Lipinski definition) is 3. The normalized spacial score (nSPS) is 22.8. The van der Waals surface area contributed by atoms with Gasteiger partial charge in [-0.1, -0.05) is 18.2 Å². The van der Waals surface area contributed by atoms with Gasteiger partial charge < -0.3 is 20.3 Å². The summed E-state index contributed by atoms with van der Waals surface area (Å²) in [7, 11) is 0. The van der Waals surface area contributed by atoms with Gasteiger partial charge in [0.2, 0.25) is 0 Å². The minimum Gasteiger partial charge on any atom is -0.492 e. The Labute approximate surface area is 201 Å². The molecule has 186 valence electrons. The lowest BCUT2D eigenvalue weighted by molar-refractivity contribution is -0.0373. The Kier molecular flexibility index (Phi) is 6.09. The minimum atomic E-state index is -2.91. The Bertz CT molecular complexity index is 1280. The molecule has 9 heteroatoms. The van der Waals surface area contributed by atoms with E-state index in [0.717, 1.165) is 11.6 Å². The minimum absolute atomic E-state index is 0.108. The predicted octanol–water partition coefficient (Wildman–Crippen LogP) is 5.25. The first-order valence-corrected chi connectivity index (χ1v) is 11.9. The summed E-state index contributed by atoms with van der Waals surface area (Å²) in [6, 6.07) is 5.13. The number of alkyl halides is 2. The average molecular weight is 488 g/mol. The number of aliphatic hydroxyl groups excluding tert-OH is 1. The molecule has 0 unspecified atom stereocenters. The zero-order valence-electron chi connectivity index (χ0n) is 19.6. The van der Waals surface area contributed by atoms with Crippen LogP contribution in [0.15, 0.2) is 24.3 Å². The molecule has 0 amide bonds. The number of aryl methyl sites for hydroxylation is 1. The third kappa shape index (κ3) is 4.21. The summed E-state index contributed by atoms with van der Waals surface area (Å²) in [6.07, 6.45) is -0.975. The van der Waals surface area contributed by atoms with Crippen molar-refractivity contribution >= 4 is 16.7 Å². The van der Waals surface area contributed by atoms with E-state index < -0.39 is 35.6 Å². The summed E-state index contributed by atoms with van der Waals surface area (Å²) < 4.78 is 47.2. The van der Waals surface area contributed by atoms with Crippen molar-refractivity contribution in [3.63, 3.8) is 0 Å². The van der Waals surface area contributed by atoms with Gasteiger partial charge in [-0.05, 0) is 45.6 Å². The molecule has 1 saturated carbocycles. The van der Waals surface area contributed by atoms with Gasteiger partial charge in [0.05, 0.1) is 35.4 Å². The van der Waals surface area contributed by atoms with Crippen LogP contribution in [0, 0.1) is 12.7 Å². The number of fused-ring (bicyclic) bond motifs is 3. The van der Waals surface area contributed by atoms with Crippen molar-refractivity contribution in [2.75, 3.05) is 11.9 Å². The van der Waals surface area contributed by atoms with Crippen LogP contribution >= 0.6 is 0 Å². The number of halogens is 3. The zero-order chi connectivity index (χ0) is 24.9. The van der Waals surface area contributed by atoms with Crippen molar-refractivity contribution in [2.24, 2.45) is 0 Å². The Morgan fingerprint density at radius 1 is 1.17 bits per heavy atom. The zero-order valence-corrected chi connectivity index (χ0v) is 19.6. The van der Waals surface area contributed by atoms with Gasteiger partial charge in [0.1, 0.15) is 23.2 Å². The molecule has 1 aliphatic heterocycles. The highest BCUT2D eigenvalue weighted by Crippen LogP contribution is 2.47. The summed E-state index contributed by atoms with van der Waals surface area (Å²) in [5, 5.41) is 25.3. The summed E-state index contributed by atoms with van der Waals surface area (Å²) in [6.45, 7) is 3.90. The molecule has 5 rings (SSSR count). The number of anilines is 1. The third-order valence-electron chi connectivity index (χ3n) is 7.15. The number of benzene rings is 2. The number of rotatable bonds is 5. The molecule has 1 atom stereocenters. The Hall–Kier alpha value is -2.91. The molecule has 2 aliphatic rings. The monoisotopic (exact) mass is 487 g/mol. The number of hydrogen-bond acceptors (Lipinski definition) is 6. The van der Waals surface area contributed by atoms with E-state index in [1.807, 2.05) is 6.07 Å².